The lowest BCUT2D eigenvalue weighted by Crippen LogP contribution is -2.23. The minimum absolute atomic E-state index is 0.214. The van der Waals surface area contributed by atoms with E-state index in [-0.39, 0.29) is 18.7 Å². The number of nitrogens with zero attached hydrogens (tertiary/aromatic N) is 4. The standard InChI is InChI=1S/C25H21ClN4O4/c1-15-21(27-24(34-15)17-3-7-18(26)8-4-17)13-29-11-12-30-23(25(29)32)20(14-31)22(28-30)16-5-9-19(33-2)10-6-16/h3-12,31H,13-14H2,1-2H3. The van der Waals surface area contributed by atoms with Crippen molar-refractivity contribution in [2.75, 3.05) is 7.11 Å². The van der Waals surface area contributed by atoms with Gasteiger partial charge in [-0.05, 0) is 55.5 Å². The van der Waals surface area contributed by atoms with E-state index in [1.807, 2.05) is 43.3 Å². The van der Waals surface area contributed by atoms with Crippen LogP contribution in [0, 0.1) is 6.92 Å². The predicted octanol–water partition coefficient (Wildman–Crippen LogP) is 4.33. The van der Waals surface area contributed by atoms with Crippen molar-refractivity contribution in [3.63, 3.8) is 0 Å². The summed E-state index contributed by atoms with van der Waals surface area (Å²) in [6.07, 6.45) is 3.34. The molecule has 0 aliphatic heterocycles. The summed E-state index contributed by atoms with van der Waals surface area (Å²) in [4.78, 5) is 18.0. The van der Waals surface area contributed by atoms with E-state index in [1.54, 1.807) is 31.6 Å². The number of fused-ring (bicyclic) bond motifs is 1. The summed E-state index contributed by atoms with van der Waals surface area (Å²) in [6, 6.07) is 14.5. The number of rotatable bonds is 6. The van der Waals surface area contributed by atoms with Crippen LogP contribution in [0.2, 0.25) is 5.02 Å². The lowest BCUT2D eigenvalue weighted by Gasteiger charge is -2.05. The predicted molar refractivity (Wildman–Crippen MR) is 128 cm³/mol. The SMILES string of the molecule is COc1ccc(-c2nn3ccn(Cc4nc(-c5ccc(Cl)cc5)oc4C)c(=O)c3c2CO)cc1. The maximum absolute atomic E-state index is 13.4. The highest BCUT2D eigenvalue weighted by molar-refractivity contribution is 6.30. The Hall–Kier alpha value is -3.88. The van der Waals surface area contributed by atoms with Gasteiger partial charge in [0.1, 0.15) is 22.7 Å². The van der Waals surface area contributed by atoms with Crippen molar-refractivity contribution in [3.05, 3.63) is 93.3 Å². The number of ether oxygens (including phenoxy) is 1. The first-order valence-corrected chi connectivity index (χ1v) is 10.9. The Morgan fingerprint density at radius 1 is 1.06 bits per heavy atom. The quantitative estimate of drug-likeness (QED) is 0.392. The molecule has 2 aromatic carbocycles. The average Bonchev–Trinajstić information content (AvgIpc) is 3.42. The molecule has 0 spiro atoms. The van der Waals surface area contributed by atoms with E-state index in [2.05, 4.69) is 10.1 Å². The molecule has 0 amide bonds. The molecular formula is C25H21ClN4O4. The molecule has 0 aliphatic carbocycles. The molecule has 0 radical (unpaired) electrons. The third-order valence-corrected chi connectivity index (χ3v) is 5.94. The van der Waals surface area contributed by atoms with E-state index < -0.39 is 0 Å². The number of methoxy groups -OCH3 is 1. The van der Waals surface area contributed by atoms with Gasteiger partial charge in [0, 0.05) is 34.1 Å². The van der Waals surface area contributed by atoms with Crippen LogP contribution in [0.15, 0.2) is 70.1 Å². The number of halogens is 1. The molecule has 0 unspecified atom stereocenters. The highest BCUT2D eigenvalue weighted by atomic mass is 35.5. The van der Waals surface area contributed by atoms with Gasteiger partial charge < -0.3 is 18.8 Å². The number of oxazole rings is 1. The van der Waals surface area contributed by atoms with Gasteiger partial charge >= 0.3 is 0 Å². The summed E-state index contributed by atoms with van der Waals surface area (Å²) in [5.74, 6) is 1.79. The van der Waals surface area contributed by atoms with Crippen LogP contribution >= 0.6 is 11.6 Å². The molecule has 0 aliphatic rings. The molecular weight excluding hydrogens is 456 g/mol. The zero-order valence-corrected chi connectivity index (χ0v) is 19.3. The first-order chi connectivity index (χ1) is 16.5. The van der Waals surface area contributed by atoms with E-state index in [9.17, 15) is 9.90 Å². The molecule has 5 rings (SSSR count). The van der Waals surface area contributed by atoms with E-state index in [1.165, 1.54) is 9.08 Å². The summed E-state index contributed by atoms with van der Waals surface area (Å²) in [5, 5.41) is 15.3. The van der Waals surface area contributed by atoms with Gasteiger partial charge in [0.25, 0.3) is 5.56 Å². The number of hydrogen-bond acceptors (Lipinski definition) is 6. The lowest BCUT2D eigenvalue weighted by atomic mass is 10.1. The van der Waals surface area contributed by atoms with Crippen LogP contribution in [-0.2, 0) is 13.2 Å². The fourth-order valence-electron chi connectivity index (χ4n) is 3.86. The summed E-state index contributed by atoms with van der Waals surface area (Å²) in [5.41, 5.74) is 3.25. The maximum atomic E-state index is 13.4. The summed E-state index contributed by atoms with van der Waals surface area (Å²) in [6.45, 7) is 1.70. The Labute approximate surface area is 199 Å². The minimum atomic E-state index is -0.326. The van der Waals surface area contributed by atoms with Crippen molar-refractivity contribution < 1.29 is 14.3 Å². The largest absolute Gasteiger partial charge is 0.497 e. The molecule has 34 heavy (non-hydrogen) atoms. The molecule has 0 saturated heterocycles. The second-order valence-electron chi connectivity index (χ2n) is 7.77. The molecule has 3 heterocycles. The Bertz CT molecular complexity index is 1530. The highest BCUT2D eigenvalue weighted by Crippen LogP contribution is 2.27. The lowest BCUT2D eigenvalue weighted by molar-refractivity contribution is 0.283. The van der Waals surface area contributed by atoms with Crippen molar-refractivity contribution >= 4 is 17.1 Å². The number of aliphatic hydroxyl groups is 1. The summed E-state index contributed by atoms with van der Waals surface area (Å²) in [7, 11) is 1.59. The number of aryl methyl sites for hydroxylation is 1. The normalized spacial score (nSPS) is 11.3. The van der Waals surface area contributed by atoms with Gasteiger partial charge in [-0.3, -0.25) is 4.79 Å². The summed E-state index contributed by atoms with van der Waals surface area (Å²) < 4.78 is 14.1. The maximum Gasteiger partial charge on any atom is 0.277 e. The Kier molecular flexibility index (Phi) is 5.69. The van der Waals surface area contributed by atoms with Crippen molar-refractivity contribution in [3.8, 4) is 28.5 Å². The molecule has 172 valence electrons. The van der Waals surface area contributed by atoms with E-state index in [4.69, 9.17) is 20.8 Å². The van der Waals surface area contributed by atoms with Crippen LogP contribution in [-0.4, -0.2) is 31.4 Å². The Morgan fingerprint density at radius 2 is 1.76 bits per heavy atom. The molecule has 0 atom stereocenters. The van der Waals surface area contributed by atoms with Gasteiger partial charge in [-0.25, -0.2) is 9.50 Å². The first-order valence-electron chi connectivity index (χ1n) is 10.6. The Morgan fingerprint density at radius 3 is 2.44 bits per heavy atom. The van der Waals surface area contributed by atoms with Crippen molar-refractivity contribution in [2.24, 2.45) is 0 Å². The molecule has 0 bridgehead atoms. The number of aromatic nitrogens is 4. The van der Waals surface area contributed by atoms with E-state index in [0.717, 1.165) is 11.1 Å². The number of benzene rings is 2. The second-order valence-corrected chi connectivity index (χ2v) is 8.20. The molecule has 8 nitrogen and oxygen atoms in total. The molecule has 3 aromatic heterocycles. The second kappa shape index (κ2) is 8.81. The van der Waals surface area contributed by atoms with Gasteiger partial charge in [0.15, 0.2) is 0 Å². The van der Waals surface area contributed by atoms with E-state index in [0.29, 0.717) is 44.9 Å². The molecule has 1 N–H and O–H groups in total. The number of aliphatic hydroxyl groups excluding tert-OH is 1. The van der Waals surface area contributed by atoms with Gasteiger partial charge in [-0.2, -0.15) is 5.10 Å². The van der Waals surface area contributed by atoms with Gasteiger partial charge in [-0.15, -0.1) is 0 Å². The van der Waals surface area contributed by atoms with Gasteiger partial charge in [0.2, 0.25) is 5.89 Å². The third kappa shape index (κ3) is 3.87. The van der Waals surface area contributed by atoms with Crippen molar-refractivity contribution in [2.45, 2.75) is 20.1 Å². The van der Waals surface area contributed by atoms with Crippen LogP contribution in [0.3, 0.4) is 0 Å². The molecule has 5 aromatic rings. The Balaban J connectivity index is 1.53. The van der Waals surface area contributed by atoms with Gasteiger partial charge in [0.05, 0.1) is 26.0 Å². The average molecular weight is 477 g/mol. The first kappa shape index (κ1) is 21.9. The summed E-state index contributed by atoms with van der Waals surface area (Å²) >= 11 is 5.97. The monoisotopic (exact) mass is 476 g/mol. The number of hydrogen-bond donors (Lipinski definition) is 1. The van der Waals surface area contributed by atoms with Gasteiger partial charge in [-0.1, -0.05) is 11.6 Å². The van der Waals surface area contributed by atoms with Crippen LogP contribution in [0.4, 0.5) is 0 Å². The fourth-order valence-corrected chi connectivity index (χ4v) is 3.98. The third-order valence-electron chi connectivity index (χ3n) is 5.69. The zero-order chi connectivity index (χ0) is 23.8. The molecule has 0 fully saturated rings. The molecule has 9 heteroatoms. The smallest absolute Gasteiger partial charge is 0.277 e. The van der Waals surface area contributed by atoms with Crippen LogP contribution in [0.5, 0.6) is 5.75 Å². The fraction of sp³-hybridized carbons (Fsp3) is 0.160. The van der Waals surface area contributed by atoms with Crippen molar-refractivity contribution in [1.82, 2.24) is 19.2 Å². The zero-order valence-electron chi connectivity index (χ0n) is 18.5. The van der Waals surface area contributed by atoms with Crippen LogP contribution in [0.1, 0.15) is 17.0 Å². The molecule has 0 saturated carbocycles. The van der Waals surface area contributed by atoms with Crippen molar-refractivity contribution in [1.29, 1.82) is 0 Å². The van der Waals surface area contributed by atoms with Crippen LogP contribution < -0.4 is 10.3 Å². The highest BCUT2D eigenvalue weighted by Gasteiger charge is 2.19. The van der Waals surface area contributed by atoms with Crippen LogP contribution in [0.25, 0.3) is 28.2 Å². The van der Waals surface area contributed by atoms with E-state index >= 15 is 0 Å². The topological polar surface area (TPSA) is 94.8 Å². The minimum Gasteiger partial charge on any atom is -0.497 e.